The van der Waals surface area contributed by atoms with Crippen LogP contribution >= 0.6 is 0 Å². The Morgan fingerprint density at radius 1 is 1.22 bits per heavy atom. The second kappa shape index (κ2) is 5.33. The molecule has 1 saturated heterocycles. The summed E-state index contributed by atoms with van der Waals surface area (Å²) in [4.78, 5) is 2.20. The van der Waals surface area contributed by atoms with E-state index in [-0.39, 0.29) is 6.04 Å². The first-order valence-corrected chi connectivity index (χ1v) is 6.43. The smallest absolute Gasteiger partial charge is 0.163 e. The van der Waals surface area contributed by atoms with Crippen LogP contribution in [-0.2, 0) is 0 Å². The van der Waals surface area contributed by atoms with E-state index in [0.29, 0.717) is 17.6 Å². The van der Waals surface area contributed by atoms with Crippen LogP contribution in [0.5, 0.6) is 0 Å². The summed E-state index contributed by atoms with van der Waals surface area (Å²) >= 11 is 0. The molecule has 2 nitrogen and oxygen atoms in total. The summed E-state index contributed by atoms with van der Waals surface area (Å²) in [6.45, 7) is 7.85. The summed E-state index contributed by atoms with van der Waals surface area (Å²) in [5.41, 5.74) is 0.441. The number of piperazine rings is 1. The fraction of sp³-hybridized carbons (Fsp3) is 0.571. The first-order valence-electron chi connectivity index (χ1n) is 6.43. The lowest BCUT2D eigenvalue weighted by atomic mass is 10.0. The summed E-state index contributed by atoms with van der Waals surface area (Å²) in [6.07, 6.45) is 0. The van der Waals surface area contributed by atoms with E-state index in [1.807, 2.05) is 6.92 Å². The van der Waals surface area contributed by atoms with Gasteiger partial charge < -0.3 is 5.32 Å². The van der Waals surface area contributed by atoms with Crippen LogP contribution < -0.4 is 5.32 Å². The van der Waals surface area contributed by atoms with Gasteiger partial charge in [0.1, 0.15) is 0 Å². The standard InChI is InChI=1S/C14H20F2N2/c1-9-7-18(8-10(2)17-9)11(3)12-5-4-6-13(15)14(12)16/h4-6,9-11,17H,7-8H2,1-3H3. The zero-order valence-corrected chi connectivity index (χ0v) is 11.1. The highest BCUT2D eigenvalue weighted by Gasteiger charge is 2.27. The summed E-state index contributed by atoms with van der Waals surface area (Å²) in [7, 11) is 0. The molecule has 0 aliphatic carbocycles. The van der Waals surface area contributed by atoms with Crippen LogP contribution in [-0.4, -0.2) is 30.1 Å². The van der Waals surface area contributed by atoms with Crippen molar-refractivity contribution in [2.24, 2.45) is 0 Å². The van der Waals surface area contributed by atoms with Crippen molar-refractivity contribution >= 4 is 0 Å². The number of hydrogen-bond donors (Lipinski definition) is 1. The first-order chi connectivity index (χ1) is 8.49. The molecule has 1 aromatic carbocycles. The zero-order chi connectivity index (χ0) is 13.3. The molecule has 3 atom stereocenters. The van der Waals surface area contributed by atoms with Crippen LogP contribution in [0.3, 0.4) is 0 Å². The number of hydrogen-bond acceptors (Lipinski definition) is 2. The van der Waals surface area contributed by atoms with E-state index in [4.69, 9.17) is 0 Å². The first kappa shape index (κ1) is 13.4. The molecule has 1 aromatic rings. The van der Waals surface area contributed by atoms with Crippen LogP contribution in [0, 0.1) is 11.6 Å². The Labute approximate surface area is 107 Å². The van der Waals surface area contributed by atoms with Crippen molar-refractivity contribution in [3.05, 3.63) is 35.4 Å². The maximum absolute atomic E-state index is 13.8. The van der Waals surface area contributed by atoms with Crippen LogP contribution in [0.2, 0.25) is 0 Å². The third kappa shape index (κ3) is 2.70. The Kier molecular flexibility index (Phi) is 3.97. The van der Waals surface area contributed by atoms with Crippen molar-refractivity contribution in [2.75, 3.05) is 13.1 Å². The average Bonchev–Trinajstić information content (AvgIpc) is 2.30. The molecule has 100 valence electrons. The van der Waals surface area contributed by atoms with Gasteiger partial charge in [0.15, 0.2) is 11.6 Å². The molecule has 3 unspecified atom stereocenters. The predicted octanol–water partition coefficient (Wildman–Crippen LogP) is 2.71. The van der Waals surface area contributed by atoms with Gasteiger partial charge in [-0.2, -0.15) is 0 Å². The lowest BCUT2D eigenvalue weighted by Gasteiger charge is -2.39. The third-order valence-electron chi connectivity index (χ3n) is 3.57. The van der Waals surface area contributed by atoms with Gasteiger partial charge in [-0.1, -0.05) is 12.1 Å². The maximum Gasteiger partial charge on any atom is 0.163 e. The monoisotopic (exact) mass is 254 g/mol. The maximum atomic E-state index is 13.8. The third-order valence-corrected chi connectivity index (χ3v) is 3.57. The summed E-state index contributed by atoms with van der Waals surface area (Å²) in [6, 6.07) is 5.03. The topological polar surface area (TPSA) is 15.3 Å². The van der Waals surface area contributed by atoms with Crippen LogP contribution in [0.4, 0.5) is 8.78 Å². The normalized spacial score (nSPS) is 27.2. The number of benzene rings is 1. The molecule has 0 amide bonds. The van der Waals surface area contributed by atoms with E-state index in [9.17, 15) is 8.78 Å². The van der Waals surface area contributed by atoms with E-state index >= 15 is 0 Å². The van der Waals surface area contributed by atoms with E-state index in [0.717, 1.165) is 19.2 Å². The van der Waals surface area contributed by atoms with E-state index in [1.54, 1.807) is 12.1 Å². The van der Waals surface area contributed by atoms with Crippen molar-refractivity contribution in [3.8, 4) is 0 Å². The lowest BCUT2D eigenvalue weighted by Crippen LogP contribution is -2.54. The van der Waals surface area contributed by atoms with Crippen molar-refractivity contribution in [3.63, 3.8) is 0 Å². The number of halogens is 2. The molecule has 1 aliphatic heterocycles. The quantitative estimate of drug-likeness (QED) is 0.873. The molecule has 1 fully saturated rings. The zero-order valence-electron chi connectivity index (χ0n) is 11.1. The fourth-order valence-corrected chi connectivity index (χ4v) is 2.73. The Hall–Kier alpha value is -1.00. The van der Waals surface area contributed by atoms with Gasteiger partial charge in [-0.15, -0.1) is 0 Å². The molecule has 1 heterocycles. The highest BCUT2D eigenvalue weighted by molar-refractivity contribution is 5.22. The summed E-state index contributed by atoms with van der Waals surface area (Å²) in [5.74, 6) is -1.49. The molecule has 1 aliphatic rings. The lowest BCUT2D eigenvalue weighted by molar-refractivity contribution is 0.129. The van der Waals surface area contributed by atoms with E-state index < -0.39 is 11.6 Å². The van der Waals surface area contributed by atoms with E-state index in [2.05, 4.69) is 24.1 Å². The molecule has 1 N–H and O–H groups in total. The van der Waals surface area contributed by atoms with Crippen LogP contribution in [0.25, 0.3) is 0 Å². The van der Waals surface area contributed by atoms with Gasteiger partial charge in [0.25, 0.3) is 0 Å². The fourth-order valence-electron chi connectivity index (χ4n) is 2.73. The molecule has 4 heteroatoms. The minimum atomic E-state index is -0.768. The van der Waals surface area contributed by atoms with Gasteiger partial charge in [-0.25, -0.2) is 8.78 Å². The van der Waals surface area contributed by atoms with Gasteiger partial charge in [0, 0.05) is 36.8 Å². The Balaban J connectivity index is 2.20. The van der Waals surface area contributed by atoms with Crippen molar-refractivity contribution in [1.82, 2.24) is 10.2 Å². The van der Waals surface area contributed by atoms with Gasteiger partial charge in [0.05, 0.1) is 0 Å². The minimum absolute atomic E-state index is 0.104. The molecule has 0 aromatic heterocycles. The predicted molar refractivity (Wildman–Crippen MR) is 68.4 cm³/mol. The minimum Gasteiger partial charge on any atom is -0.309 e. The highest BCUT2D eigenvalue weighted by Crippen LogP contribution is 2.25. The number of rotatable bonds is 2. The van der Waals surface area contributed by atoms with Gasteiger partial charge in [0.2, 0.25) is 0 Å². The van der Waals surface area contributed by atoms with Crippen molar-refractivity contribution in [2.45, 2.75) is 38.9 Å². The largest absolute Gasteiger partial charge is 0.309 e. The Morgan fingerprint density at radius 2 is 1.83 bits per heavy atom. The highest BCUT2D eigenvalue weighted by atomic mass is 19.2. The van der Waals surface area contributed by atoms with Crippen LogP contribution in [0.15, 0.2) is 18.2 Å². The molecule has 18 heavy (non-hydrogen) atoms. The van der Waals surface area contributed by atoms with Gasteiger partial charge in [-0.05, 0) is 26.8 Å². The van der Waals surface area contributed by atoms with Crippen LogP contribution in [0.1, 0.15) is 32.4 Å². The van der Waals surface area contributed by atoms with Crippen molar-refractivity contribution in [1.29, 1.82) is 0 Å². The Morgan fingerprint density at radius 3 is 2.44 bits per heavy atom. The summed E-state index contributed by atoms with van der Waals surface area (Å²) in [5, 5.41) is 3.43. The molecule has 2 rings (SSSR count). The average molecular weight is 254 g/mol. The van der Waals surface area contributed by atoms with Crippen molar-refractivity contribution < 1.29 is 8.78 Å². The molecule has 0 radical (unpaired) electrons. The number of nitrogens with zero attached hydrogens (tertiary/aromatic N) is 1. The van der Waals surface area contributed by atoms with Gasteiger partial charge >= 0.3 is 0 Å². The van der Waals surface area contributed by atoms with Gasteiger partial charge in [-0.3, -0.25) is 4.90 Å². The molecule has 0 spiro atoms. The molecular formula is C14H20F2N2. The molecule has 0 saturated carbocycles. The molecular weight excluding hydrogens is 234 g/mol. The second-order valence-corrected chi connectivity index (χ2v) is 5.24. The Bertz CT molecular complexity index is 412. The molecule has 0 bridgehead atoms. The number of nitrogens with one attached hydrogen (secondary N) is 1. The second-order valence-electron chi connectivity index (χ2n) is 5.24. The SMILES string of the molecule is CC1CN(C(C)c2cccc(F)c2F)CC(C)N1. The summed E-state index contributed by atoms with van der Waals surface area (Å²) < 4.78 is 27.0. The van der Waals surface area contributed by atoms with E-state index in [1.165, 1.54) is 0 Å².